The van der Waals surface area contributed by atoms with Gasteiger partial charge in [0.25, 0.3) is 0 Å². The van der Waals surface area contributed by atoms with Crippen molar-refractivity contribution in [3.8, 4) is 12.1 Å². The third kappa shape index (κ3) is 4.51. The zero-order valence-electron chi connectivity index (χ0n) is 21.8. The van der Waals surface area contributed by atoms with Crippen LogP contribution in [-0.2, 0) is 0 Å². The molecule has 2 aromatic carbocycles. The first-order chi connectivity index (χ1) is 16.5. The van der Waals surface area contributed by atoms with Gasteiger partial charge in [-0.15, -0.1) is 0 Å². The van der Waals surface area contributed by atoms with E-state index < -0.39 is 30.7 Å². The molecule has 0 saturated carbocycles. The first-order valence-electron chi connectivity index (χ1n) is 11.6. The number of rotatable bonds is 5. The fourth-order valence-corrected chi connectivity index (χ4v) is 2.32. The molecule has 0 aliphatic rings. The van der Waals surface area contributed by atoms with E-state index in [1.165, 1.54) is 13.0 Å². The molecule has 0 spiro atoms. The van der Waals surface area contributed by atoms with Crippen LogP contribution in [0.25, 0.3) is 6.08 Å². The van der Waals surface area contributed by atoms with Crippen LogP contribution in [0.3, 0.4) is 0 Å². The predicted molar refractivity (Wildman–Crippen MR) is 110 cm³/mol. The lowest BCUT2D eigenvalue weighted by atomic mass is 10.0. The number of aromatic nitrogens is 2. The fourth-order valence-electron chi connectivity index (χ4n) is 2.32. The SMILES string of the molecule is [2H]c1nc(Nc2ccc(C#N)cc2)nc(Nc2c(C)c([2H])c(/C=C/C#N)c([2H])c2C([2H])([2H])[2H])c1[2H]. The molecule has 1 heterocycles. The first kappa shape index (κ1) is 11.5. The van der Waals surface area contributed by atoms with Crippen LogP contribution in [0.4, 0.5) is 23.1 Å². The minimum Gasteiger partial charge on any atom is -0.340 e. The molecule has 0 saturated heterocycles. The van der Waals surface area contributed by atoms with Gasteiger partial charge in [-0.3, -0.25) is 0 Å². The molecule has 0 unspecified atom stereocenters. The van der Waals surface area contributed by atoms with Crippen LogP contribution in [0.5, 0.6) is 0 Å². The largest absolute Gasteiger partial charge is 0.340 e. The number of nitrogens with zero attached hydrogens (tertiary/aromatic N) is 4. The number of hydrogen-bond donors (Lipinski definition) is 2. The highest BCUT2D eigenvalue weighted by Crippen LogP contribution is 2.26. The Hall–Kier alpha value is -4.16. The molecule has 2 N–H and O–H groups in total. The van der Waals surface area contributed by atoms with Crippen molar-refractivity contribution in [2.45, 2.75) is 13.8 Å². The van der Waals surface area contributed by atoms with Crippen LogP contribution in [0, 0.1) is 36.4 Å². The molecule has 0 bridgehead atoms. The minimum atomic E-state index is -2.77. The molecule has 6 heteroatoms. The zero-order valence-corrected chi connectivity index (χ0v) is 14.8. The van der Waals surface area contributed by atoms with Gasteiger partial charge in [0.2, 0.25) is 5.95 Å². The minimum absolute atomic E-state index is 0.0288. The molecule has 6 nitrogen and oxygen atoms in total. The summed E-state index contributed by atoms with van der Waals surface area (Å²) in [5.74, 6) is -0.258. The van der Waals surface area contributed by atoms with Gasteiger partial charge in [-0.2, -0.15) is 15.5 Å². The van der Waals surface area contributed by atoms with Crippen LogP contribution in [0.1, 0.15) is 31.8 Å². The van der Waals surface area contributed by atoms with E-state index in [9.17, 15) is 0 Å². The van der Waals surface area contributed by atoms with E-state index >= 15 is 0 Å². The lowest BCUT2D eigenvalue weighted by Gasteiger charge is -2.14. The molecule has 1 aromatic heterocycles. The molecule has 0 atom stereocenters. The highest BCUT2D eigenvalue weighted by Gasteiger charge is 2.07. The number of anilines is 4. The molecule has 3 aromatic rings. The molecule has 0 aliphatic carbocycles. The molecular weight excluding hydrogens is 348 g/mol. The molecule has 0 aliphatic heterocycles. The smallest absolute Gasteiger partial charge is 0.229 e. The van der Waals surface area contributed by atoms with Gasteiger partial charge in [0.05, 0.1) is 23.2 Å². The van der Waals surface area contributed by atoms with Crippen molar-refractivity contribution in [1.82, 2.24) is 9.97 Å². The molecule has 28 heavy (non-hydrogen) atoms. The molecule has 136 valence electrons. The van der Waals surface area contributed by atoms with Crippen molar-refractivity contribution in [3.05, 3.63) is 76.9 Å². The second kappa shape index (κ2) is 8.48. The summed E-state index contributed by atoms with van der Waals surface area (Å²) < 4.78 is 56.9. The van der Waals surface area contributed by atoms with Gasteiger partial charge in [-0.25, -0.2) is 4.98 Å². The Labute approximate surface area is 173 Å². The highest BCUT2D eigenvalue weighted by molar-refractivity contribution is 5.69. The Morgan fingerprint density at radius 1 is 1.14 bits per heavy atom. The highest BCUT2D eigenvalue weighted by atomic mass is 15.1. The van der Waals surface area contributed by atoms with Crippen molar-refractivity contribution in [2.24, 2.45) is 0 Å². The van der Waals surface area contributed by atoms with Crippen molar-refractivity contribution >= 4 is 29.2 Å². The van der Waals surface area contributed by atoms with E-state index in [2.05, 4.69) is 20.6 Å². The summed E-state index contributed by atoms with van der Waals surface area (Å²) in [6.45, 7) is -1.29. The lowest BCUT2D eigenvalue weighted by molar-refractivity contribution is 1.16. The van der Waals surface area contributed by atoms with Gasteiger partial charge in [0.15, 0.2) is 0 Å². The Kier molecular flexibility index (Phi) is 3.49. The maximum Gasteiger partial charge on any atom is 0.229 e. The van der Waals surface area contributed by atoms with E-state index in [0.29, 0.717) is 11.3 Å². The summed E-state index contributed by atoms with van der Waals surface area (Å²) in [4.78, 5) is 8.11. The van der Waals surface area contributed by atoms with Gasteiger partial charge in [-0.05, 0) is 78.9 Å². The summed E-state index contributed by atoms with van der Waals surface area (Å²) in [6, 6.07) is 9.07. The Balaban J connectivity index is 2.13. The Bertz CT molecular complexity index is 1400. The van der Waals surface area contributed by atoms with Crippen molar-refractivity contribution in [3.63, 3.8) is 0 Å². The average Bonchev–Trinajstić information content (AvgIpc) is 2.80. The van der Waals surface area contributed by atoms with E-state index in [0.717, 1.165) is 6.08 Å². The van der Waals surface area contributed by atoms with Crippen LogP contribution in [0.2, 0.25) is 0 Å². The second-order valence-electron chi connectivity index (χ2n) is 5.57. The topological polar surface area (TPSA) is 97.4 Å². The Morgan fingerprint density at radius 3 is 2.64 bits per heavy atom. The van der Waals surface area contributed by atoms with Crippen LogP contribution in [0.15, 0.2) is 54.6 Å². The van der Waals surface area contributed by atoms with Crippen molar-refractivity contribution in [2.75, 3.05) is 10.6 Å². The molecule has 0 amide bonds. The number of nitriles is 2. The number of benzene rings is 2. The quantitative estimate of drug-likeness (QED) is 0.612. The third-order valence-electron chi connectivity index (χ3n) is 3.60. The zero-order chi connectivity index (χ0) is 25.9. The van der Waals surface area contributed by atoms with Crippen LogP contribution >= 0.6 is 0 Å². The Morgan fingerprint density at radius 2 is 1.93 bits per heavy atom. The van der Waals surface area contributed by atoms with Crippen molar-refractivity contribution < 1.29 is 9.60 Å². The standard InChI is InChI=1S/C22H18N6/c1-15-12-18(4-3-10-23)13-16(2)21(15)27-20-9-11-25-22(28-20)26-19-7-5-17(14-24)6-8-19/h3-9,11-13H,1-2H3,(H2,25,26,27,28)/b4-3+/i1D3,9D,11D,12D,13D. The first-order valence-corrected chi connectivity index (χ1v) is 8.07. The average molecular weight is 373 g/mol. The molecular formula is C22H18N6. The van der Waals surface area contributed by atoms with Crippen molar-refractivity contribution in [1.29, 1.82) is 10.5 Å². The number of hydrogen-bond acceptors (Lipinski definition) is 6. The fraction of sp³-hybridized carbons (Fsp3) is 0.0909. The monoisotopic (exact) mass is 373 g/mol. The number of allylic oxidation sites excluding steroid dienone is 1. The third-order valence-corrected chi connectivity index (χ3v) is 3.60. The predicted octanol–water partition coefficient (Wildman–Crippen LogP) is 4.99. The molecule has 0 fully saturated rings. The van der Waals surface area contributed by atoms with Crippen LogP contribution < -0.4 is 10.6 Å². The van der Waals surface area contributed by atoms with E-state index in [1.54, 1.807) is 30.3 Å². The lowest BCUT2D eigenvalue weighted by Crippen LogP contribution is -2.02. The summed E-state index contributed by atoms with van der Waals surface area (Å²) in [6.07, 6.45) is 1.82. The van der Waals surface area contributed by atoms with Gasteiger partial charge >= 0.3 is 0 Å². The maximum absolute atomic E-state index is 8.93. The molecule has 3 rings (SSSR count). The normalized spacial score (nSPS) is 14.3. The summed E-state index contributed by atoms with van der Waals surface area (Å²) in [7, 11) is 0. The molecule has 0 radical (unpaired) electrons. The summed E-state index contributed by atoms with van der Waals surface area (Å²) in [5.41, 5.74) is 0.580. The van der Waals surface area contributed by atoms with E-state index in [-0.39, 0.29) is 34.6 Å². The summed E-state index contributed by atoms with van der Waals surface area (Å²) >= 11 is 0. The second-order valence-corrected chi connectivity index (χ2v) is 5.57. The summed E-state index contributed by atoms with van der Waals surface area (Å²) in [5, 5.41) is 23.3. The van der Waals surface area contributed by atoms with E-state index in [1.807, 2.05) is 6.07 Å². The van der Waals surface area contributed by atoms with Gasteiger partial charge < -0.3 is 10.6 Å². The van der Waals surface area contributed by atoms with Gasteiger partial charge in [0, 0.05) is 27.7 Å². The maximum atomic E-state index is 8.93. The van der Waals surface area contributed by atoms with Gasteiger partial charge in [-0.1, -0.05) is 0 Å². The van der Waals surface area contributed by atoms with Crippen LogP contribution in [-0.4, -0.2) is 9.97 Å². The van der Waals surface area contributed by atoms with E-state index in [4.69, 9.17) is 20.1 Å². The van der Waals surface area contributed by atoms with Gasteiger partial charge in [0.1, 0.15) is 5.82 Å². The number of nitrogens with one attached hydrogen (secondary N) is 2.